The zero-order chi connectivity index (χ0) is 44.0. The minimum Gasteiger partial charge on any atom is -0.462 e. The number of hydrogen-bond acceptors (Lipinski definition) is 10. The van der Waals surface area contributed by atoms with Crippen molar-refractivity contribution in [1.82, 2.24) is 26.1 Å². The van der Waals surface area contributed by atoms with Gasteiger partial charge in [-0.2, -0.15) is 0 Å². The van der Waals surface area contributed by atoms with Gasteiger partial charge in [0, 0.05) is 18.9 Å². The zero-order valence-electron chi connectivity index (χ0n) is 36.3. The quantitative estimate of drug-likeness (QED) is 0.0896. The van der Waals surface area contributed by atoms with Crippen LogP contribution < -0.4 is 16.1 Å². The lowest BCUT2D eigenvalue weighted by atomic mass is 9.73. The highest BCUT2D eigenvalue weighted by Crippen LogP contribution is 2.45. The van der Waals surface area contributed by atoms with Crippen molar-refractivity contribution in [1.29, 1.82) is 0 Å². The summed E-state index contributed by atoms with van der Waals surface area (Å²) < 4.78 is 17.5. The first-order chi connectivity index (χ1) is 26.7. The van der Waals surface area contributed by atoms with Crippen LogP contribution in [0.3, 0.4) is 0 Å². The van der Waals surface area contributed by atoms with Crippen LogP contribution in [0, 0.1) is 11.3 Å². The minimum absolute atomic E-state index is 0.166. The normalized spacial score (nSPS) is 18.1. The van der Waals surface area contributed by atoms with Gasteiger partial charge in [-0.25, -0.2) is 10.4 Å². The van der Waals surface area contributed by atoms with Crippen LogP contribution in [-0.2, 0) is 37.9 Å². The van der Waals surface area contributed by atoms with Gasteiger partial charge in [-0.15, -0.1) is 23.2 Å². The Morgan fingerprint density at radius 1 is 1.00 bits per heavy atom. The van der Waals surface area contributed by atoms with Gasteiger partial charge in [0.05, 0.1) is 22.2 Å². The lowest BCUT2D eigenvalue weighted by Crippen LogP contribution is -2.63. The van der Waals surface area contributed by atoms with Gasteiger partial charge in [0.1, 0.15) is 35.7 Å². The Labute approximate surface area is 354 Å². The summed E-state index contributed by atoms with van der Waals surface area (Å²) in [6.45, 7) is 24.7. The van der Waals surface area contributed by atoms with E-state index in [0.29, 0.717) is 30.6 Å². The molecule has 1 saturated heterocycles. The van der Waals surface area contributed by atoms with Gasteiger partial charge < -0.3 is 24.5 Å². The molecule has 3 N–H and O–H groups in total. The molecule has 0 aliphatic carbocycles. The number of esters is 2. The second kappa shape index (κ2) is 19.7. The molecule has 0 spiro atoms. The number of carbonyl (C=O) groups excluding carboxylic acids is 5. The van der Waals surface area contributed by atoms with E-state index in [0.717, 1.165) is 10.9 Å². The third-order valence-electron chi connectivity index (χ3n) is 11.2. The van der Waals surface area contributed by atoms with Crippen molar-refractivity contribution in [2.45, 2.75) is 142 Å². The predicted octanol–water partition coefficient (Wildman–Crippen LogP) is 7.17. The summed E-state index contributed by atoms with van der Waals surface area (Å²) in [6.07, 6.45) is 4.11. The molecule has 13 nitrogen and oxygen atoms in total. The van der Waals surface area contributed by atoms with Crippen LogP contribution in [0.5, 0.6) is 0 Å². The Hall–Kier alpha value is -3.56. The van der Waals surface area contributed by atoms with Crippen molar-refractivity contribution < 1.29 is 37.9 Å². The molecule has 1 unspecified atom stereocenters. The first kappa shape index (κ1) is 48.8. The van der Waals surface area contributed by atoms with E-state index in [1.807, 2.05) is 70.2 Å². The van der Waals surface area contributed by atoms with Crippen LogP contribution in [0.2, 0.25) is 18.1 Å². The fourth-order valence-corrected chi connectivity index (χ4v) is 8.20. The van der Waals surface area contributed by atoms with Gasteiger partial charge in [-0.05, 0) is 89.2 Å². The Morgan fingerprint density at radius 2 is 1.64 bits per heavy atom. The molecule has 3 amide bonds. The number of aromatic nitrogens is 1. The van der Waals surface area contributed by atoms with Gasteiger partial charge in [0.2, 0.25) is 11.8 Å². The molecule has 1 fully saturated rings. The number of hydrazine groups is 1. The van der Waals surface area contributed by atoms with Crippen LogP contribution in [0.25, 0.3) is 17.0 Å². The molecule has 1 aliphatic rings. The summed E-state index contributed by atoms with van der Waals surface area (Å²) in [5, 5.41) is 7.82. The molecule has 0 radical (unpaired) electrons. The summed E-state index contributed by atoms with van der Waals surface area (Å²) in [5.74, 6) is -2.78. The number of pyridine rings is 1. The molecule has 1 aromatic carbocycles. The lowest BCUT2D eigenvalue weighted by molar-refractivity contribution is -0.152. The van der Waals surface area contributed by atoms with Crippen molar-refractivity contribution in [3.05, 3.63) is 47.7 Å². The van der Waals surface area contributed by atoms with Crippen molar-refractivity contribution >= 4 is 78.2 Å². The average molecular weight is 865 g/mol. The Bertz CT molecular complexity index is 1850. The lowest BCUT2D eigenvalue weighted by Gasteiger charge is -2.49. The fourth-order valence-electron chi connectivity index (χ4n) is 6.28. The molecule has 58 heavy (non-hydrogen) atoms. The number of rotatable bonds is 16. The molecular formula is C42H63Cl2N5O8Si. The number of nitrogens with one attached hydrogen (secondary N) is 3. The highest BCUT2D eigenvalue weighted by molar-refractivity contribution is 6.74. The number of hydrogen-bond donors (Lipinski definition) is 3. The van der Waals surface area contributed by atoms with Crippen molar-refractivity contribution in [2.75, 3.05) is 13.2 Å². The number of amides is 3. The van der Waals surface area contributed by atoms with Gasteiger partial charge in [0.15, 0.2) is 8.32 Å². The van der Waals surface area contributed by atoms with Crippen LogP contribution in [0.4, 0.5) is 0 Å². The van der Waals surface area contributed by atoms with E-state index in [1.165, 1.54) is 11.9 Å². The molecule has 3 rings (SSSR count). The monoisotopic (exact) mass is 863 g/mol. The van der Waals surface area contributed by atoms with Gasteiger partial charge in [-0.3, -0.25) is 29.0 Å². The molecular weight excluding hydrogens is 801 g/mol. The average Bonchev–Trinajstić information content (AvgIpc) is 3.12. The number of ether oxygens (including phenoxy) is 2. The molecule has 2 heterocycles. The largest absolute Gasteiger partial charge is 0.462 e. The van der Waals surface area contributed by atoms with Crippen molar-refractivity contribution in [3.8, 4) is 0 Å². The topological polar surface area (TPSA) is 165 Å². The summed E-state index contributed by atoms with van der Waals surface area (Å²) in [4.78, 5) is 70.2. The smallest absolute Gasteiger partial charge is 0.325 e. The van der Waals surface area contributed by atoms with Crippen LogP contribution in [0.15, 0.2) is 36.4 Å². The number of halogens is 2. The third-order valence-corrected chi connectivity index (χ3v) is 16.1. The van der Waals surface area contributed by atoms with E-state index in [2.05, 4.69) is 49.9 Å². The molecule has 5 atom stereocenters. The van der Waals surface area contributed by atoms with E-state index in [-0.39, 0.29) is 17.6 Å². The highest BCUT2D eigenvalue weighted by atomic mass is 35.5. The number of carbonyl (C=O) groups is 5. The molecule has 16 heteroatoms. The number of benzene rings is 1. The van der Waals surface area contributed by atoms with Crippen LogP contribution in [0.1, 0.15) is 106 Å². The van der Waals surface area contributed by atoms with Crippen LogP contribution in [-0.4, -0.2) is 89.7 Å². The molecule has 0 bridgehead atoms. The van der Waals surface area contributed by atoms with E-state index < -0.39 is 78.1 Å². The number of nitrogens with zero attached hydrogens (tertiary/aromatic N) is 2. The first-order valence-corrected chi connectivity index (χ1v) is 23.6. The maximum Gasteiger partial charge on any atom is 0.325 e. The molecule has 1 aliphatic heterocycles. The molecule has 1 aromatic heterocycles. The maximum absolute atomic E-state index is 14.8. The van der Waals surface area contributed by atoms with E-state index in [1.54, 1.807) is 20.8 Å². The third kappa shape index (κ3) is 12.5. The first-order valence-electron chi connectivity index (χ1n) is 19.8. The maximum atomic E-state index is 14.8. The molecule has 2 aromatic rings. The Kier molecular flexibility index (Phi) is 16.5. The van der Waals surface area contributed by atoms with Gasteiger partial charge >= 0.3 is 11.9 Å². The van der Waals surface area contributed by atoms with Gasteiger partial charge in [0.25, 0.3) is 5.91 Å². The SMILES string of the molecule is CC(=O)O[C@H](C)c1ccc2ccc(/C=C/C(C)(C(=O)N[C@H](C(=O)N[C@@H](C)C(=O)N3CCC[C@@H](C(=O)OCC(Cl)Cl)N3)C(C)C)C(C)(C)O[Si](C)(C)C(C)(C)C)cc2n1. The highest BCUT2D eigenvalue weighted by Gasteiger charge is 2.52. The summed E-state index contributed by atoms with van der Waals surface area (Å²) >= 11 is 11.4. The molecule has 0 saturated carbocycles. The zero-order valence-corrected chi connectivity index (χ0v) is 38.8. The Morgan fingerprint density at radius 3 is 2.22 bits per heavy atom. The fraction of sp³-hybridized carbons (Fsp3) is 0.619. The van der Waals surface area contributed by atoms with Crippen molar-refractivity contribution in [2.24, 2.45) is 11.3 Å². The predicted molar refractivity (Wildman–Crippen MR) is 230 cm³/mol. The molecule has 322 valence electrons. The van der Waals surface area contributed by atoms with Gasteiger partial charge in [-0.1, -0.05) is 65.0 Å². The van der Waals surface area contributed by atoms with E-state index in [9.17, 15) is 24.0 Å². The number of fused-ring (bicyclic) bond motifs is 1. The second-order valence-electron chi connectivity index (χ2n) is 17.6. The van der Waals surface area contributed by atoms with Crippen molar-refractivity contribution in [3.63, 3.8) is 0 Å². The second-order valence-corrected chi connectivity index (χ2v) is 23.6. The Balaban J connectivity index is 1.92. The summed E-state index contributed by atoms with van der Waals surface area (Å²) in [5.41, 5.74) is 2.58. The van der Waals surface area contributed by atoms with E-state index >= 15 is 0 Å². The standard InChI is InChI=1S/C42H63Cl2N5O8Si/c1-25(2)35(36(51)45-26(3)37(52)49-22-14-15-32(48-49)38(53)55-24-34(43)44)47-39(54)42(11,41(9,10)57-58(12,13)40(6,7)8)21-20-29-16-17-30-18-19-31(46-33(30)23-29)27(4)56-28(5)50/h16-21,23,25-27,32,34-35,48H,14-15,22,24H2,1-13H3,(H,45,51)(H,47,54)/b21-20+/t26-,27+,32-,35-,42?/m0/s1. The minimum atomic E-state index is -2.45. The van der Waals surface area contributed by atoms with E-state index in [4.69, 9.17) is 42.1 Å². The van der Waals surface area contributed by atoms with Crippen LogP contribution >= 0.6 is 23.2 Å². The number of alkyl halides is 2. The summed E-state index contributed by atoms with van der Waals surface area (Å²) in [7, 11) is -2.45. The summed E-state index contributed by atoms with van der Waals surface area (Å²) in [6, 6.07) is 6.71.